The molecule has 2 amide bonds. The quantitative estimate of drug-likeness (QED) is 0.799. The molecule has 1 saturated carbocycles. The van der Waals surface area contributed by atoms with Crippen molar-refractivity contribution in [3.05, 3.63) is 11.6 Å². The molecule has 132 valence electrons. The highest BCUT2D eigenvalue weighted by Crippen LogP contribution is 2.41. The molecule has 0 radical (unpaired) electrons. The summed E-state index contributed by atoms with van der Waals surface area (Å²) in [5.41, 5.74) is 0.337. The number of carbonyl (C=O) groups is 2. The Balaban J connectivity index is 1.36. The van der Waals surface area contributed by atoms with E-state index >= 15 is 0 Å². The largest absolute Gasteiger partial charge is 0.423 e. The molecule has 3 fully saturated rings. The van der Waals surface area contributed by atoms with Gasteiger partial charge in [0, 0.05) is 45.1 Å². The molecule has 8 heteroatoms. The minimum absolute atomic E-state index is 0.00774. The Morgan fingerprint density at radius 3 is 2.60 bits per heavy atom. The van der Waals surface area contributed by atoms with Crippen molar-refractivity contribution >= 4 is 17.7 Å². The van der Waals surface area contributed by atoms with Gasteiger partial charge in [-0.1, -0.05) is 0 Å². The van der Waals surface area contributed by atoms with Gasteiger partial charge < -0.3 is 19.1 Å². The number of oxazole rings is 1. The topological polar surface area (TPSA) is 93.7 Å². The highest BCUT2D eigenvalue weighted by Gasteiger charge is 2.33. The van der Waals surface area contributed by atoms with Gasteiger partial charge in [0.25, 0.3) is 0 Å². The van der Waals surface area contributed by atoms with Crippen LogP contribution >= 0.6 is 0 Å². The van der Waals surface area contributed by atoms with Gasteiger partial charge in [-0.05, 0) is 19.3 Å². The van der Waals surface area contributed by atoms with Gasteiger partial charge in [-0.2, -0.15) is 5.26 Å². The summed E-state index contributed by atoms with van der Waals surface area (Å²) < 4.78 is 5.82. The Labute approximate surface area is 146 Å². The first kappa shape index (κ1) is 15.9. The van der Waals surface area contributed by atoms with Crippen LogP contribution in [-0.4, -0.2) is 65.9 Å². The van der Waals surface area contributed by atoms with Crippen LogP contribution in [0.25, 0.3) is 0 Å². The van der Waals surface area contributed by atoms with Crippen molar-refractivity contribution in [3.8, 4) is 6.07 Å². The van der Waals surface area contributed by atoms with Crippen molar-refractivity contribution in [1.29, 1.82) is 5.26 Å². The van der Waals surface area contributed by atoms with Gasteiger partial charge in [-0.15, -0.1) is 0 Å². The molecule has 25 heavy (non-hydrogen) atoms. The predicted molar refractivity (Wildman–Crippen MR) is 87.8 cm³/mol. The fourth-order valence-corrected chi connectivity index (χ4v) is 3.41. The van der Waals surface area contributed by atoms with Crippen LogP contribution in [0, 0.1) is 11.3 Å². The standard InChI is InChI=1S/C17H21N5O3/c18-10-13-17(25-16(19-13)12-3-4-12)21-8-6-20(7-9-21)15(24)11-22-5-1-2-14(22)23/h12H,1-9,11H2. The van der Waals surface area contributed by atoms with E-state index in [2.05, 4.69) is 11.1 Å². The van der Waals surface area contributed by atoms with E-state index in [-0.39, 0.29) is 18.4 Å². The van der Waals surface area contributed by atoms with E-state index in [9.17, 15) is 14.9 Å². The zero-order chi connectivity index (χ0) is 17.4. The summed E-state index contributed by atoms with van der Waals surface area (Å²) in [6, 6.07) is 2.11. The van der Waals surface area contributed by atoms with Crippen molar-refractivity contribution < 1.29 is 14.0 Å². The molecule has 2 aliphatic heterocycles. The molecule has 0 atom stereocenters. The summed E-state index contributed by atoms with van der Waals surface area (Å²) in [4.78, 5) is 33.8. The summed E-state index contributed by atoms with van der Waals surface area (Å²) in [6.45, 7) is 3.19. The van der Waals surface area contributed by atoms with Crippen molar-refractivity contribution in [2.45, 2.75) is 31.6 Å². The van der Waals surface area contributed by atoms with Crippen molar-refractivity contribution in [2.75, 3.05) is 44.2 Å². The van der Waals surface area contributed by atoms with Crippen LogP contribution in [0.5, 0.6) is 0 Å². The number of anilines is 1. The normalized spacial score (nSPS) is 20.9. The number of piperazine rings is 1. The second kappa shape index (κ2) is 6.39. The van der Waals surface area contributed by atoms with E-state index < -0.39 is 0 Å². The number of hydrogen-bond acceptors (Lipinski definition) is 6. The molecule has 0 bridgehead atoms. The second-order valence-corrected chi connectivity index (χ2v) is 6.88. The molecule has 1 aromatic heterocycles. The van der Waals surface area contributed by atoms with E-state index in [0.717, 1.165) is 19.3 Å². The number of hydrogen-bond donors (Lipinski definition) is 0. The summed E-state index contributed by atoms with van der Waals surface area (Å²) >= 11 is 0. The van der Waals surface area contributed by atoms with E-state index in [1.807, 2.05) is 4.90 Å². The molecular formula is C17H21N5O3. The molecule has 1 aliphatic carbocycles. The highest BCUT2D eigenvalue weighted by atomic mass is 16.4. The number of aromatic nitrogens is 1. The monoisotopic (exact) mass is 343 g/mol. The predicted octanol–water partition coefficient (Wildman–Crippen LogP) is 0.695. The molecule has 4 rings (SSSR count). The minimum atomic E-state index is -0.00774. The van der Waals surface area contributed by atoms with E-state index in [0.29, 0.717) is 62.5 Å². The SMILES string of the molecule is N#Cc1nc(C2CC2)oc1N1CCN(C(=O)CN2CCCC2=O)CC1. The van der Waals surface area contributed by atoms with Crippen molar-refractivity contribution in [2.24, 2.45) is 0 Å². The van der Waals surface area contributed by atoms with E-state index in [1.165, 1.54) is 0 Å². The Hall–Kier alpha value is -2.56. The minimum Gasteiger partial charge on any atom is -0.423 e. The first-order valence-corrected chi connectivity index (χ1v) is 8.87. The van der Waals surface area contributed by atoms with Gasteiger partial charge in [0.15, 0.2) is 0 Å². The molecule has 3 aliphatic rings. The number of carbonyl (C=O) groups excluding carboxylic acids is 2. The van der Waals surface area contributed by atoms with Gasteiger partial charge >= 0.3 is 0 Å². The maximum Gasteiger partial charge on any atom is 0.242 e. The van der Waals surface area contributed by atoms with Crippen LogP contribution in [0.2, 0.25) is 0 Å². The molecule has 1 aromatic rings. The third-order valence-corrected chi connectivity index (χ3v) is 5.08. The van der Waals surface area contributed by atoms with Crippen LogP contribution in [0.4, 0.5) is 5.88 Å². The Kier molecular flexibility index (Phi) is 4.07. The lowest BCUT2D eigenvalue weighted by Gasteiger charge is -2.35. The molecule has 0 aromatic carbocycles. The van der Waals surface area contributed by atoms with Gasteiger partial charge in [-0.3, -0.25) is 9.59 Å². The maximum atomic E-state index is 12.4. The number of likely N-dealkylation sites (tertiary alicyclic amines) is 1. The van der Waals surface area contributed by atoms with Crippen LogP contribution in [-0.2, 0) is 9.59 Å². The summed E-state index contributed by atoms with van der Waals surface area (Å²) in [5.74, 6) is 1.62. The summed E-state index contributed by atoms with van der Waals surface area (Å²) in [5, 5.41) is 9.29. The molecular weight excluding hydrogens is 322 g/mol. The van der Waals surface area contributed by atoms with E-state index in [4.69, 9.17) is 4.42 Å². The van der Waals surface area contributed by atoms with Crippen LogP contribution in [0.15, 0.2) is 4.42 Å². The fourth-order valence-electron chi connectivity index (χ4n) is 3.41. The lowest BCUT2D eigenvalue weighted by Crippen LogP contribution is -2.51. The zero-order valence-corrected chi connectivity index (χ0v) is 14.1. The van der Waals surface area contributed by atoms with Crippen molar-refractivity contribution in [1.82, 2.24) is 14.8 Å². The van der Waals surface area contributed by atoms with Gasteiger partial charge in [0.2, 0.25) is 29.3 Å². The highest BCUT2D eigenvalue weighted by molar-refractivity contribution is 5.86. The third kappa shape index (κ3) is 3.18. The van der Waals surface area contributed by atoms with Gasteiger partial charge in [0.05, 0.1) is 6.54 Å². The lowest BCUT2D eigenvalue weighted by atomic mass is 10.3. The Morgan fingerprint density at radius 2 is 2.00 bits per heavy atom. The number of rotatable bonds is 4. The molecule has 3 heterocycles. The fraction of sp³-hybridized carbons (Fsp3) is 0.647. The lowest BCUT2D eigenvalue weighted by molar-refractivity contribution is -0.138. The summed E-state index contributed by atoms with van der Waals surface area (Å²) in [6.07, 6.45) is 3.53. The number of amides is 2. The molecule has 8 nitrogen and oxygen atoms in total. The Morgan fingerprint density at radius 1 is 1.24 bits per heavy atom. The molecule has 0 spiro atoms. The third-order valence-electron chi connectivity index (χ3n) is 5.08. The first-order chi connectivity index (χ1) is 12.2. The van der Waals surface area contributed by atoms with Gasteiger partial charge in [0.1, 0.15) is 6.07 Å². The van der Waals surface area contributed by atoms with Crippen molar-refractivity contribution in [3.63, 3.8) is 0 Å². The van der Waals surface area contributed by atoms with Crippen LogP contribution in [0.3, 0.4) is 0 Å². The summed E-state index contributed by atoms with van der Waals surface area (Å²) in [7, 11) is 0. The number of nitrogens with zero attached hydrogens (tertiary/aromatic N) is 5. The average Bonchev–Trinajstić information content (AvgIpc) is 3.27. The number of nitriles is 1. The van der Waals surface area contributed by atoms with Gasteiger partial charge in [-0.25, -0.2) is 4.98 Å². The smallest absolute Gasteiger partial charge is 0.242 e. The van der Waals surface area contributed by atoms with Crippen LogP contribution in [0.1, 0.15) is 43.2 Å². The zero-order valence-electron chi connectivity index (χ0n) is 14.1. The average molecular weight is 343 g/mol. The second-order valence-electron chi connectivity index (χ2n) is 6.88. The Bertz CT molecular complexity index is 725. The van der Waals surface area contributed by atoms with E-state index in [1.54, 1.807) is 9.80 Å². The first-order valence-electron chi connectivity index (χ1n) is 8.87. The molecule has 0 N–H and O–H groups in total. The molecule has 0 unspecified atom stereocenters. The maximum absolute atomic E-state index is 12.4. The molecule has 2 saturated heterocycles. The van der Waals surface area contributed by atoms with Crippen LogP contribution < -0.4 is 4.90 Å².